The molecule has 0 aromatic heterocycles. The second-order valence-electron chi connectivity index (χ2n) is 5.28. The molecule has 104 valence electrons. The molecule has 1 fully saturated rings. The third-order valence-electron chi connectivity index (χ3n) is 3.94. The van der Waals surface area contributed by atoms with Gasteiger partial charge in [0, 0.05) is 32.2 Å². The minimum Gasteiger partial charge on any atom is -0.478 e. The maximum atomic E-state index is 10.8. The Morgan fingerprint density at radius 1 is 1.32 bits per heavy atom. The molecular weight excluding hydrogens is 240 g/mol. The molecule has 0 saturated carbocycles. The van der Waals surface area contributed by atoms with Crippen LogP contribution in [0.5, 0.6) is 0 Å². The molecule has 1 aromatic rings. The number of piperazine rings is 1. The quantitative estimate of drug-likeness (QED) is 0.900. The van der Waals surface area contributed by atoms with Crippen molar-refractivity contribution in [1.82, 2.24) is 9.80 Å². The molecule has 4 nitrogen and oxygen atoms in total. The number of carboxylic acid groups (broad SMARTS) is 1. The van der Waals surface area contributed by atoms with Gasteiger partial charge in [0.05, 0.1) is 5.56 Å². The summed E-state index contributed by atoms with van der Waals surface area (Å²) < 4.78 is 0. The van der Waals surface area contributed by atoms with Crippen LogP contribution in [0.25, 0.3) is 0 Å². The molecule has 19 heavy (non-hydrogen) atoms. The molecule has 1 aromatic carbocycles. The first kappa shape index (κ1) is 14.0. The summed E-state index contributed by atoms with van der Waals surface area (Å²) in [5.41, 5.74) is 1.54. The van der Waals surface area contributed by atoms with Gasteiger partial charge in [0.2, 0.25) is 0 Å². The molecule has 0 bridgehead atoms. The summed E-state index contributed by atoms with van der Waals surface area (Å²) in [6.45, 7) is 6.41. The van der Waals surface area contributed by atoms with Gasteiger partial charge in [0.25, 0.3) is 0 Å². The highest BCUT2D eigenvalue weighted by Gasteiger charge is 2.22. The van der Waals surface area contributed by atoms with Crippen molar-refractivity contribution in [2.24, 2.45) is 0 Å². The first-order valence-corrected chi connectivity index (χ1v) is 6.85. The zero-order valence-electron chi connectivity index (χ0n) is 11.7. The summed E-state index contributed by atoms with van der Waals surface area (Å²) in [6.07, 6.45) is 1.17. The lowest BCUT2D eigenvalue weighted by Crippen LogP contribution is -2.50. The van der Waals surface area contributed by atoms with E-state index in [2.05, 4.69) is 23.8 Å². The van der Waals surface area contributed by atoms with Gasteiger partial charge >= 0.3 is 5.97 Å². The van der Waals surface area contributed by atoms with Crippen LogP contribution >= 0.6 is 0 Å². The number of carbonyl (C=O) groups is 1. The highest BCUT2D eigenvalue weighted by Crippen LogP contribution is 2.14. The smallest absolute Gasteiger partial charge is 0.335 e. The molecule has 1 heterocycles. The molecule has 0 aliphatic carbocycles. The standard InChI is InChI=1S/C15H22N2O2/c1-3-14-11-17(9-8-16(14)2)10-12-4-6-13(7-5-12)15(18)19/h4-7,14H,3,8-11H2,1-2H3,(H,18,19). The first-order chi connectivity index (χ1) is 9.10. The first-order valence-electron chi connectivity index (χ1n) is 6.85. The predicted molar refractivity (Wildman–Crippen MR) is 75.4 cm³/mol. The van der Waals surface area contributed by atoms with Crippen LogP contribution in [0.3, 0.4) is 0 Å². The lowest BCUT2D eigenvalue weighted by Gasteiger charge is -2.39. The Bertz CT molecular complexity index is 430. The van der Waals surface area contributed by atoms with Crippen molar-refractivity contribution in [3.8, 4) is 0 Å². The molecule has 0 spiro atoms. The maximum absolute atomic E-state index is 10.8. The molecule has 0 radical (unpaired) electrons. The van der Waals surface area contributed by atoms with Crippen molar-refractivity contribution < 1.29 is 9.90 Å². The van der Waals surface area contributed by atoms with Gasteiger partial charge in [0.15, 0.2) is 0 Å². The molecule has 0 amide bonds. The van der Waals surface area contributed by atoms with E-state index in [0.717, 1.165) is 26.2 Å². The number of rotatable bonds is 4. The lowest BCUT2D eigenvalue weighted by molar-refractivity contribution is 0.0697. The zero-order valence-corrected chi connectivity index (χ0v) is 11.7. The van der Waals surface area contributed by atoms with Crippen molar-refractivity contribution in [3.63, 3.8) is 0 Å². The predicted octanol–water partition coefficient (Wildman–Crippen LogP) is 1.91. The van der Waals surface area contributed by atoms with E-state index in [1.165, 1.54) is 12.0 Å². The number of hydrogen-bond acceptors (Lipinski definition) is 3. The monoisotopic (exact) mass is 262 g/mol. The van der Waals surface area contributed by atoms with Crippen LogP contribution in [0.1, 0.15) is 29.3 Å². The van der Waals surface area contributed by atoms with E-state index in [0.29, 0.717) is 11.6 Å². The van der Waals surface area contributed by atoms with Crippen LogP contribution in [0.15, 0.2) is 24.3 Å². The van der Waals surface area contributed by atoms with Gasteiger partial charge in [-0.1, -0.05) is 19.1 Å². The molecule has 1 unspecified atom stereocenters. The van der Waals surface area contributed by atoms with E-state index >= 15 is 0 Å². The van der Waals surface area contributed by atoms with Gasteiger partial charge in [-0.2, -0.15) is 0 Å². The Kier molecular flexibility index (Phi) is 4.56. The largest absolute Gasteiger partial charge is 0.478 e. The maximum Gasteiger partial charge on any atom is 0.335 e. The molecule has 4 heteroatoms. The van der Waals surface area contributed by atoms with Crippen LogP contribution < -0.4 is 0 Å². The minimum absolute atomic E-state index is 0.355. The molecule has 2 rings (SSSR count). The Balaban J connectivity index is 1.95. The number of hydrogen-bond donors (Lipinski definition) is 1. The number of nitrogens with zero attached hydrogens (tertiary/aromatic N) is 2. The Morgan fingerprint density at radius 3 is 2.58 bits per heavy atom. The summed E-state index contributed by atoms with van der Waals surface area (Å²) in [7, 11) is 2.19. The van der Waals surface area contributed by atoms with Crippen molar-refractivity contribution in [3.05, 3.63) is 35.4 Å². The van der Waals surface area contributed by atoms with Crippen molar-refractivity contribution in [2.75, 3.05) is 26.7 Å². The summed E-state index contributed by atoms with van der Waals surface area (Å²) in [4.78, 5) is 15.7. The Labute approximate surface area is 114 Å². The van der Waals surface area contributed by atoms with Crippen LogP contribution in [0.4, 0.5) is 0 Å². The van der Waals surface area contributed by atoms with E-state index in [-0.39, 0.29) is 0 Å². The molecule has 1 N–H and O–H groups in total. The molecule has 1 saturated heterocycles. The molecule has 1 aliphatic heterocycles. The fourth-order valence-corrected chi connectivity index (χ4v) is 2.61. The van der Waals surface area contributed by atoms with Crippen LogP contribution in [-0.2, 0) is 6.54 Å². The zero-order chi connectivity index (χ0) is 13.8. The van der Waals surface area contributed by atoms with Gasteiger partial charge in [0.1, 0.15) is 0 Å². The summed E-state index contributed by atoms with van der Waals surface area (Å²) in [5, 5.41) is 8.88. The van der Waals surface area contributed by atoms with E-state index < -0.39 is 5.97 Å². The van der Waals surface area contributed by atoms with Crippen LogP contribution in [0, 0.1) is 0 Å². The van der Waals surface area contributed by atoms with Gasteiger partial charge in [-0.15, -0.1) is 0 Å². The van der Waals surface area contributed by atoms with Crippen molar-refractivity contribution in [2.45, 2.75) is 25.9 Å². The van der Waals surface area contributed by atoms with E-state index in [9.17, 15) is 4.79 Å². The van der Waals surface area contributed by atoms with Crippen molar-refractivity contribution >= 4 is 5.97 Å². The molecule has 1 atom stereocenters. The van der Waals surface area contributed by atoms with Crippen molar-refractivity contribution in [1.29, 1.82) is 0 Å². The van der Waals surface area contributed by atoms with E-state index in [1.807, 2.05) is 12.1 Å². The number of carboxylic acids is 1. The summed E-state index contributed by atoms with van der Waals surface area (Å²) in [6, 6.07) is 7.84. The average Bonchev–Trinajstić information content (AvgIpc) is 2.41. The van der Waals surface area contributed by atoms with Gasteiger partial charge in [-0.3, -0.25) is 4.90 Å². The second-order valence-corrected chi connectivity index (χ2v) is 5.28. The SMILES string of the molecule is CCC1CN(Cc2ccc(C(=O)O)cc2)CCN1C. The van der Waals surface area contributed by atoms with Crippen LogP contribution in [0.2, 0.25) is 0 Å². The fourth-order valence-electron chi connectivity index (χ4n) is 2.61. The highest BCUT2D eigenvalue weighted by molar-refractivity contribution is 5.87. The van der Waals surface area contributed by atoms with Gasteiger partial charge in [-0.25, -0.2) is 4.79 Å². The second kappa shape index (κ2) is 6.17. The van der Waals surface area contributed by atoms with Gasteiger partial charge < -0.3 is 10.0 Å². The highest BCUT2D eigenvalue weighted by atomic mass is 16.4. The van der Waals surface area contributed by atoms with Crippen LogP contribution in [-0.4, -0.2) is 53.6 Å². The number of aromatic carboxylic acids is 1. The number of benzene rings is 1. The lowest BCUT2D eigenvalue weighted by atomic mass is 10.1. The van der Waals surface area contributed by atoms with E-state index in [1.54, 1.807) is 12.1 Å². The minimum atomic E-state index is -0.864. The fraction of sp³-hybridized carbons (Fsp3) is 0.533. The average molecular weight is 262 g/mol. The Hall–Kier alpha value is -1.39. The summed E-state index contributed by atoms with van der Waals surface area (Å²) in [5.74, 6) is -0.864. The third kappa shape index (κ3) is 3.55. The molecular formula is C15H22N2O2. The number of likely N-dealkylation sites (N-methyl/N-ethyl adjacent to an activating group) is 1. The topological polar surface area (TPSA) is 43.8 Å². The third-order valence-corrected chi connectivity index (χ3v) is 3.94. The Morgan fingerprint density at radius 2 is 2.00 bits per heavy atom. The van der Waals surface area contributed by atoms with Gasteiger partial charge in [-0.05, 0) is 31.2 Å². The van der Waals surface area contributed by atoms with E-state index in [4.69, 9.17) is 5.11 Å². The summed E-state index contributed by atoms with van der Waals surface area (Å²) >= 11 is 0. The molecule has 1 aliphatic rings. The normalized spacial score (nSPS) is 21.5.